The van der Waals surface area contributed by atoms with Crippen LogP contribution in [-0.4, -0.2) is 51.8 Å². The van der Waals surface area contributed by atoms with Gasteiger partial charge in [0, 0.05) is 31.0 Å². The van der Waals surface area contributed by atoms with Crippen LogP contribution in [0.3, 0.4) is 0 Å². The van der Waals surface area contributed by atoms with Gasteiger partial charge in [-0.05, 0) is 23.3 Å². The number of likely N-dealkylation sites (tertiary alicyclic amines) is 1. The van der Waals surface area contributed by atoms with Crippen LogP contribution in [0, 0.1) is 0 Å². The third-order valence-corrected chi connectivity index (χ3v) is 7.86. The molecule has 0 spiro atoms. The fourth-order valence-corrected chi connectivity index (χ4v) is 5.79. The van der Waals surface area contributed by atoms with Crippen molar-refractivity contribution in [2.75, 3.05) is 18.4 Å². The summed E-state index contributed by atoms with van der Waals surface area (Å²) in [5, 5.41) is 10.3. The topological polar surface area (TPSA) is 79.3 Å². The Morgan fingerprint density at radius 2 is 1.46 bits per heavy atom. The summed E-state index contributed by atoms with van der Waals surface area (Å²) in [6.07, 6.45) is -3.58. The molecule has 1 aromatic heterocycles. The number of aromatic nitrogens is 2. The lowest BCUT2D eigenvalue weighted by atomic mass is 9.94. The van der Waals surface area contributed by atoms with E-state index in [2.05, 4.69) is 15.7 Å². The van der Waals surface area contributed by atoms with Gasteiger partial charge in [0.1, 0.15) is 11.4 Å². The molecule has 4 atom stereocenters. The van der Waals surface area contributed by atoms with Crippen LogP contribution >= 0.6 is 0 Å². The summed E-state index contributed by atoms with van der Waals surface area (Å²) in [5.41, 5.74) is 2.23. The summed E-state index contributed by atoms with van der Waals surface area (Å²) in [4.78, 5) is 28.5. The van der Waals surface area contributed by atoms with Crippen LogP contribution in [0.2, 0.25) is 0 Å². The van der Waals surface area contributed by atoms with Gasteiger partial charge in [0.2, 0.25) is 0 Å². The van der Waals surface area contributed by atoms with Crippen molar-refractivity contribution in [3.8, 4) is 0 Å². The van der Waals surface area contributed by atoms with Crippen molar-refractivity contribution in [1.29, 1.82) is 0 Å². The maximum absolute atomic E-state index is 14.1. The molecule has 4 aromatic rings. The minimum Gasteiger partial charge on any atom is -0.363 e. The number of carbonyl (C=O) groups excluding carboxylic acids is 2. The number of halogens is 3. The molecule has 2 N–H and O–H groups in total. The van der Waals surface area contributed by atoms with E-state index in [-0.39, 0.29) is 42.7 Å². The van der Waals surface area contributed by atoms with E-state index in [1.54, 1.807) is 59.5 Å². The molecule has 3 heterocycles. The molecule has 2 aliphatic heterocycles. The molecule has 0 saturated carbocycles. The third kappa shape index (κ3) is 5.29. The lowest BCUT2D eigenvalue weighted by Gasteiger charge is -2.34. The van der Waals surface area contributed by atoms with Gasteiger partial charge in [0.25, 0.3) is 11.8 Å². The van der Waals surface area contributed by atoms with E-state index in [0.29, 0.717) is 11.1 Å². The number of nitrogens with zero attached hydrogens (tertiary/aromatic N) is 3. The number of alkyl halides is 3. The summed E-state index contributed by atoms with van der Waals surface area (Å²) in [7, 11) is 0. The summed E-state index contributed by atoms with van der Waals surface area (Å²) < 4.78 is 43.3. The van der Waals surface area contributed by atoms with Crippen LogP contribution in [0.5, 0.6) is 0 Å². The molecule has 0 radical (unpaired) electrons. The van der Waals surface area contributed by atoms with Crippen LogP contribution < -0.4 is 10.6 Å². The molecule has 2 amide bonds. The van der Waals surface area contributed by atoms with Gasteiger partial charge in [0.15, 0.2) is 6.04 Å². The highest BCUT2D eigenvalue weighted by molar-refractivity contribution is 5.99. The number of hydrogen-bond acceptors (Lipinski definition) is 4. The second-order valence-corrected chi connectivity index (χ2v) is 10.4. The van der Waals surface area contributed by atoms with Crippen molar-refractivity contribution in [3.63, 3.8) is 0 Å². The normalized spacial score (nSPS) is 22.1. The molecular weight excluding hydrogens is 531 g/mol. The number of carbonyl (C=O) groups is 2. The molecule has 0 aliphatic carbocycles. The minimum absolute atomic E-state index is 0.0467. The maximum atomic E-state index is 14.1. The molecule has 10 heteroatoms. The van der Waals surface area contributed by atoms with Crippen molar-refractivity contribution in [3.05, 3.63) is 119 Å². The van der Waals surface area contributed by atoms with Crippen molar-refractivity contribution < 1.29 is 22.8 Å². The fourth-order valence-electron chi connectivity index (χ4n) is 5.79. The van der Waals surface area contributed by atoms with Gasteiger partial charge in [-0.15, -0.1) is 0 Å². The average molecular weight is 560 g/mol. The van der Waals surface area contributed by atoms with Crippen LogP contribution in [-0.2, 0) is 0 Å². The van der Waals surface area contributed by atoms with Gasteiger partial charge in [-0.2, -0.15) is 18.3 Å². The van der Waals surface area contributed by atoms with Crippen molar-refractivity contribution in [2.24, 2.45) is 0 Å². The Balaban J connectivity index is 1.30. The molecule has 210 valence electrons. The molecule has 7 nitrogen and oxygen atoms in total. The highest BCUT2D eigenvalue weighted by Crippen LogP contribution is 2.44. The van der Waals surface area contributed by atoms with Crippen LogP contribution in [0.4, 0.5) is 19.0 Å². The highest BCUT2D eigenvalue weighted by atomic mass is 19.4. The largest absolute Gasteiger partial charge is 0.410 e. The van der Waals surface area contributed by atoms with Crippen molar-refractivity contribution in [1.82, 2.24) is 20.0 Å². The van der Waals surface area contributed by atoms with Gasteiger partial charge in [-0.3, -0.25) is 9.59 Å². The molecule has 0 bridgehead atoms. The van der Waals surface area contributed by atoms with E-state index in [1.807, 2.05) is 36.4 Å². The third-order valence-electron chi connectivity index (χ3n) is 7.86. The Morgan fingerprint density at radius 1 is 0.854 bits per heavy atom. The number of amides is 2. The standard InChI is InChI=1S/C31H28F3N5O2/c32-31(33,34)27-16-25(21-12-6-2-7-13-21)36-28-23(17-35-39(27)28)30(41)38-18-24(20-10-4-1-5-11-20)26(19-38)37-29(40)22-14-8-3-9-15-22/h1-15,17,24-27,36H,16,18-19H2,(H,37,40)/t24?,25-,26?,27+/m1/s1. The van der Waals surface area contributed by atoms with Gasteiger partial charge in [0.05, 0.1) is 18.3 Å². The van der Waals surface area contributed by atoms with Crippen LogP contribution in [0.1, 0.15) is 56.3 Å². The molecule has 41 heavy (non-hydrogen) atoms. The maximum Gasteiger partial charge on any atom is 0.410 e. The zero-order valence-corrected chi connectivity index (χ0v) is 22.0. The molecule has 2 aliphatic rings. The first-order valence-corrected chi connectivity index (χ1v) is 13.5. The second-order valence-electron chi connectivity index (χ2n) is 10.4. The number of anilines is 1. The van der Waals surface area contributed by atoms with Crippen molar-refractivity contribution >= 4 is 17.6 Å². The molecule has 6 rings (SSSR count). The Hall–Kier alpha value is -4.60. The SMILES string of the molecule is O=C(NC1CN(C(=O)c2cnn3c2N[C@@H](c2ccccc2)C[C@H]3C(F)(F)F)CC1c1ccccc1)c1ccccc1. The zero-order chi connectivity index (χ0) is 28.6. The first kappa shape index (κ1) is 26.6. The number of fused-ring (bicyclic) bond motifs is 1. The fraction of sp³-hybridized carbons (Fsp3) is 0.258. The lowest BCUT2D eigenvalue weighted by Crippen LogP contribution is -2.40. The van der Waals surface area contributed by atoms with E-state index in [9.17, 15) is 22.8 Å². The summed E-state index contributed by atoms with van der Waals surface area (Å²) >= 11 is 0. The monoisotopic (exact) mass is 559 g/mol. The van der Waals surface area contributed by atoms with Crippen LogP contribution in [0.25, 0.3) is 0 Å². The predicted molar refractivity (Wildman–Crippen MR) is 148 cm³/mol. The van der Waals surface area contributed by atoms with Crippen LogP contribution in [0.15, 0.2) is 97.2 Å². The summed E-state index contributed by atoms with van der Waals surface area (Å²) in [6, 6.07) is 24.4. The first-order valence-electron chi connectivity index (χ1n) is 13.5. The van der Waals surface area contributed by atoms with Crippen molar-refractivity contribution in [2.45, 2.75) is 36.6 Å². The van der Waals surface area contributed by atoms with Gasteiger partial charge in [-0.1, -0.05) is 78.9 Å². The lowest BCUT2D eigenvalue weighted by molar-refractivity contribution is -0.173. The number of rotatable bonds is 5. The second kappa shape index (κ2) is 10.8. The number of hydrogen-bond donors (Lipinski definition) is 2. The van der Waals surface area contributed by atoms with E-state index in [0.717, 1.165) is 10.2 Å². The first-order chi connectivity index (χ1) is 19.8. The van der Waals surface area contributed by atoms with E-state index in [4.69, 9.17) is 0 Å². The predicted octanol–water partition coefficient (Wildman–Crippen LogP) is 5.58. The van der Waals surface area contributed by atoms with Gasteiger partial charge >= 0.3 is 6.18 Å². The molecule has 1 saturated heterocycles. The van der Waals surface area contributed by atoms with E-state index < -0.39 is 30.2 Å². The Bertz CT molecular complexity index is 1530. The highest BCUT2D eigenvalue weighted by Gasteiger charge is 2.48. The zero-order valence-electron chi connectivity index (χ0n) is 22.0. The Kier molecular flexibility index (Phi) is 6.98. The smallest absolute Gasteiger partial charge is 0.363 e. The number of nitrogens with one attached hydrogen (secondary N) is 2. The minimum atomic E-state index is -4.55. The van der Waals surface area contributed by atoms with E-state index >= 15 is 0 Å². The number of benzene rings is 3. The Labute approximate surface area is 235 Å². The van der Waals surface area contributed by atoms with E-state index in [1.165, 1.54) is 6.20 Å². The molecular formula is C31H28F3N5O2. The molecule has 1 fully saturated rings. The van der Waals surface area contributed by atoms with Gasteiger partial charge < -0.3 is 15.5 Å². The van der Waals surface area contributed by atoms with Gasteiger partial charge in [-0.25, -0.2) is 4.68 Å². The molecule has 3 aromatic carbocycles. The molecule has 2 unspecified atom stereocenters. The summed E-state index contributed by atoms with van der Waals surface area (Å²) in [6.45, 7) is 0.490. The average Bonchev–Trinajstić information content (AvgIpc) is 3.62. The Morgan fingerprint density at radius 3 is 2.10 bits per heavy atom. The quantitative estimate of drug-likeness (QED) is 0.335. The summed E-state index contributed by atoms with van der Waals surface area (Å²) in [5.74, 6) is -0.850.